The van der Waals surface area contributed by atoms with Crippen LogP contribution >= 0.6 is 0 Å². The van der Waals surface area contributed by atoms with Crippen molar-refractivity contribution in [2.24, 2.45) is 4.99 Å². The van der Waals surface area contributed by atoms with Gasteiger partial charge in [0, 0.05) is 19.3 Å². The minimum Gasteiger partial charge on any atom is -0.296 e. The van der Waals surface area contributed by atoms with Gasteiger partial charge in [0.15, 0.2) is 0 Å². The highest BCUT2D eigenvalue weighted by atomic mass is 15.1. The average Bonchev–Trinajstić information content (AvgIpc) is 1.91. The average molecular weight is 126 g/mol. The lowest BCUT2D eigenvalue weighted by molar-refractivity contribution is 0.314. The maximum absolute atomic E-state index is 4.14. The fourth-order valence-electron chi connectivity index (χ4n) is 1.07. The van der Waals surface area contributed by atoms with Crippen LogP contribution in [-0.2, 0) is 0 Å². The van der Waals surface area contributed by atoms with Crippen LogP contribution in [0.25, 0.3) is 0 Å². The predicted octanol–water partition coefficient (Wildman–Crippen LogP) is 0.783. The molecule has 0 aliphatic carbocycles. The van der Waals surface area contributed by atoms with Crippen LogP contribution in [0, 0.1) is 0 Å². The number of hydrogen-bond acceptors (Lipinski definition) is 2. The molecule has 1 rings (SSSR count). The number of rotatable bonds is 2. The normalized spacial score (nSPS) is 20.6. The number of aliphatic imine (C=N–C) groups is 1. The van der Waals surface area contributed by atoms with E-state index >= 15 is 0 Å². The minimum absolute atomic E-state index is 1.00. The summed E-state index contributed by atoms with van der Waals surface area (Å²) in [7, 11) is 0. The van der Waals surface area contributed by atoms with Gasteiger partial charge in [-0.3, -0.25) is 9.89 Å². The Bertz CT molecular complexity index is 99.1. The second-order valence-corrected chi connectivity index (χ2v) is 2.39. The summed E-state index contributed by atoms with van der Waals surface area (Å²) in [6, 6.07) is 0. The second kappa shape index (κ2) is 3.62. The van der Waals surface area contributed by atoms with Crippen LogP contribution in [0.15, 0.2) is 4.99 Å². The van der Waals surface area contributed by atoms with Crippen LogP contribution in [0.4, 0.5) is 0 Å². The molecule has 0 bridgehead atoms. The Labute approximate surface area is 56.6 Å². The van der Waals surface area contributed by atoms with Gasteiger partial charge in [-0.2, -0.15) is 0 Å². The standard InChI is InChI=1S/C7H14N2/c1-2-5-9-6-3-8-4-7-9/h3H,2,4-7H2,1H3. The maximum Gasteiger partial charge on any atom is 0.0513 e. The van der Waals surface area contributed by atoms with Crippen molar-refractivity contribution in [1.82, 2.24) is 4.90 Å². The van der Waals surface area contributed by atoms with Gasteiger partial charge >= 0.3 is 0 Å². The summed E-state index contributed by atoms with van der Waals surface area (Å²) < 4.78 is 0. The molecule has 0 spiro atoms. The van der Waals surface area contributed by atoms with Crippen LogP contribution in [0.1, 0.15) is 13.3 Å². The SMILES string of the molecule is CCCN1CC=NCC1. The molecule has 52 valence electrons. The largest absolute Gasteiger partial charge is 0.296 e. The van der Waals surface area contributed by atoms with Crippen molar-refractivity contribution in [2.45, 2.75) is 13.3 Å². The zero-order valence-electron chi connectivity index (χ0n) is 6.01. The van der Waals surface area contributed by atoms with Crippen molar-refractivity contribution >= 4 is 6.21 Å². The molecular formula is C7H14N2. The van der Waals surface area contributed by atoms with E-state index in [9.17, 15) is 0 Å². The molecule has 0 amide bonds. The van der Waals surface area contributed by atoms with Crippen molar-refractivity contribution in [3.8, 4) is 0 Å². The van der Waals surface area contributed by atoms with Crippen molar-refractivity contribution in [3.05, 3.63) is 0 Å². The van der Waals surface area contributed by atoms with Crippen LogP contribution < -0.4 is 0 Å². The van der Waals surface area contributed by atoms with E-state index in [0.29, 0.717) is 0 Å². The van der Waals surface area contributed by atoms with E-state index in [1.165, 1.54) is 13.0 Å². The van der Waals surface area contributed by atoms with E-state index in [2.05, 4.69) is 16.8 Å². The third-order valence-corrected chi connectivity index (χ3v) is 1.55. The third kappa shape index (κ3) is 2.14. The molecule has 1 heterocycles. The molecule has 0 unspecified atom stereocenters. The van der Waals surface area contributed by atoms with Crippen molar-refractivity contribution in [3.63, 3.8) is 0 Å². The van der Waals surface area contributed by atoms with Crippen LogP contribution in [-0.4, -0.2) is 37.3 Å². The summed E-state index contributed by atoms with van der Waals surface area (Å²) in [5.74, 6) is 0. The summed E-state index contributed by atoms with van der Waals surface area (Å²) >= 11 is 0. The first-order chi connectivity index (χ1) is 4.43. The van der Waals surface area contributed by atoms with Gasteiger partial charge in [0.1, 0.15) is 0 Å². The first-order valence-corrected chi connectivity index (χ1v) is 3.64. The Morgan fingerprint density at radius 3 is 3.11 bits per heavy atom. The lowest BCUT2D eigenvalue weighted by Gasteiger charge is -2.20. The molecule has 0 aromatic heterocycles. The van der Waals surface area contributed by atoms with E-state index in [-0.39, 0.29) is 0 Å². The van der Waals surface area contributed by atoms with E-state index in [4.69, 9.17) is 0 Å². The Morgan fingerprint density at radius 1 is 1.67 bits per heavy atom. The maximum atomic E-state index is 4.14. The van der Waals surface area contributed by atoms with Gasteiger partial charge in [0.05, 0.1) is 6.54 Å². The molecule has 0 N–H and O–H groups in total. The first-order valence-electron chi connectivity index (χ1n) is 3.64. The summed E-state index contributed by atoms with van der Waals surface area (Å²) in [4.78, 5) is 6.57. The van der Waals surface area contributed by atoms with Crippen LogP contribution in [0.3, 0.4) is 0 Å². The van der Waals surface area contributed by atoms with E-state index in [1.54, 1.807) is 0 Å². The Kier molecular flexibility index (Phi) is 2.71. The monoisotopic (exact) mass is 126 g/mol. The lowest BCUT2D eigenvalue weighted by atomic mass is 10.3. The van der Waals surface area contributed by atoms with Gasteiger partial charge in [0.25, 0.3) is 0 Å². The highest BCUT2D eigenvalue weighted by Crippen LogP contribution is 1.93. The minimum atomic E-state index is 1.00. The summed E-state index contributed by atoms with van der Waals surface area (Å²) in [5, 5.41) is 0. The predicted molar refractivity (Wildman–Crippen MR) is 40.1 cm³/mol. The Hall–Kier alpha value is -0.370. The van der Waals surface area contributed by atoms with Crippen LogP contribution in [0.5, 0.6) is 0 Å². The molecule has 0 atom stereocenters. The Balaban J connectivity index is 2.18. The topological polar surface area (TPSA) is 15.6 Å². The molecule has 0 radical (unpaired) electrons. The Morgan fingerprint density at radius 2 is 2.56 bits per heavy atom. The molecular weight excluding hydrogens is 112 g/mol. The quantitative estimate of drug-likeness (QED) is 0.534. The third-order valence-electron chi connectivity index (χ3n) is 1.55. The summed E-state index contributed by atoms with van der Waals surface area (Å²) in [6.45, 7) is 6.66. The van der Waals surface area contributed by atoms with E-state index < -0.39 is 0 Å². The number of hydrogen-bond donors (Lipinski definition) is 0. The second-order valence-electron chi connectivity index (χ2n) is 2.39. The van der Waals surface area contributed by atoms with Crippen molar-refractivity contribution in [2.75, 3.05) is 26.2 Å². The molecule has 0 fully saturated rings. The van der Waals surface area contributed by atoms with Gasteiger partial charge in [-0.15, -0.1) is 0 Å². The first kappa shape index (κ1) is 6.75. The molecule has 1 aliphatic heterocycles. The number of nitrogens with zero attached hydrogens (tertiary/aromatic N) is 2. The summed E-state index contributed by atoms with van der Waals surface area (Å²) in [5.41, 5.74) is 0. The highest BCUT2D eigenvalue weighted by molar-refractivity contribution is 5.60. The van der Waals surface area contributed by atoms with Crippen LogP contribution in [0.2, 0.25) is 0 Å². The highest BCUT2D eigenvalue weighted by Gasteiger charge is 2.02. The van der Waals surface area contributed by atoms with Crippen molar-refractivity contribution < 1.29 is 0 Å². The van der Waals surface area contributed by atoms with Gasteiger partial charge in [-0.05, 0) is 13.0 Å². The van der Waals surface area contributed by atoms with Gasteiger partial charge in [-0.25, -0.2) is 0 Å². The van der Waals surface area contributed by atoms with E-state index in [0.717, 1.165) is 19.6 Å². The van der Waals surface area contributed by atoms with Crippen molar-refractivity contribution in [1.29, 1.82) is 0 Å². The zero-order valence-corrected chi connectivity index (χ0v) is 6.01. The molecule has 0 saturated carbocycles. The van der Waals surface area contributed by atoms with Gasteiger partial charge in [0.2, 0.25) is 0 Å². The van der Waals surface area contributed by atoms with Gasteiger partial charge < -0.3 is 0 Å². The molecule has 2 heteroatoms. The van der Waals surface area contributed by atoms with Gasteiger partial charge in [-0.1, -0.05) is 6.92 Å². The lowest BCUT2D eigenvalue weighted by Crippen LogP contribution is -2.32. The molecule has 0 aromatic rings. The zero-order chi connectivity index (χ0) is 6.53. The fraction of sp³-hybridized carbons (Fsp3) is 0.857. The summed E-state index contributed by atoms with van der Waals surface area (Å²) in [6.07, 6.45) is 3.27. The molecule has 2 nitrogen and oxygen atoms in total. The smallest absolute Gasteiger partial charge is 0.0513 e. The molecule has 9 heavy (non-hydrogen) atoms. The molecule has 0 aromatic carbocycles. The van der Waals surface area contributed by atoms with E-state index in [1.807, 2.05) is 6.21 Å². The fourth-order valence-corrected chi connectivity index (χ4v) is 1.07. The molecule has 1 aliphatic rings. The molecule has 0 saturated heterocycles.